The van der Waals surface area contributed by atoms with Gasteiger partial charge in [-0.2, -0.15) is 0 Å². The van der Waals surface area contributed by atoms with Gasteiger partial charge in [0.2, 0.25) is 5.91 Å². The Hall–Kier alpha value is -3.00. The highest BCUT2D eigenvalue weighted by Gasteiger charge is 2.55. The fourth-order valence-electron chi connectivity index (χ4n) is 5.33. The number of hydrogen-bond donors (Lipinski definition) is 2. The fourth-order valence-corrected chi connectivity index (χ4v) is 6.42. The highest BCUT2D eigenvalue weighted by molar-refractivity contribution is 7.99. The second-order valence-electron chi connectivity index (χ2n) is 9.33. The number of imide groups is 1. The van der Waals surface area contributed by atoms with Crippen LogP contribution in [0.3, 0.4) is 0 Å². The first-order valence-electron chi connectivity index (χ1n) is 12.0. The van der Waals surface area contributed by atoms with E-state index in [0.29, 0.717) is 13.0 Å². The van der Waals surface area contributed by atoms with Gasteiger partial charge in [0.15, 0.2) is 0 Å². The van der Waals surface area contributed by atoms with E-state index < -0.39 is 11.6 Å². The highest BCUT2D eigenvalue weighted by Crippen LogP contribution is 2.47. The van der Waals surface area contributed by atoms with E-state index in [1.54, 1.807) is 11.8 Å². The molecule has 1 aliphatic carbocycles. The number of nitrogens with zero attached hydrogens (tertiary/aromatic N) is 2. The Morgan fingerprint density at radius 3 is 2.41 bits per heavy atom. The molecule has 8 heteroatoms. The van der Waals surface area contributed by atoms with E-state index in [9.17, 15) is 14.4 Å². The fraction of sp³-hybridized carbons (Fsp3) is 0.423. The van der Waals surface area contributed by atoms with Crippen molar-refractivity contribution in [2.24, 2.45) is 5.92 Å². The lowest BCUT2D eigenvalue weighted by atomic mass is 9.73. The van der Waals surface area contributed by atoms with Gasteiger partial charge in [0.1, 0.15) is 12.1 Å². The van der Waals surface area contributed by atoms with E-state index in [-0.39, 0.29) is 24.3 Å². The lowest BCUT2D eigenvalue weighted by Gasteiger charge is -2.36. The predicted molar refractivity (Wildman–Crippen MR) is 132 cm³/mol. The van der Waals surface area contributed by atoms with Gasteiger partial charge in [-0.3, -0.25) is 14.5 Å². The number of fused-ring (bicyclic) bond motifs is 2. The van der Waals surface area contributed by atoms with Crippen LogP contribution in [-0.4, -0.2) is 47.9 Å². The molecule has 2 heterocycles. The van der Waals surface area contributed by atoms with E-state index in [1.807, 2.05) is 31.2 Å². The summed E-state index contributed by atoms with van der Waals surface area (Å²) >= 11 is 1.77. The summed E-state index contributed by atoms with van der Waals surface area (Å²) in [5.74, 6) is -0.475. The summed E-state index contributed by atoms with van der Waals surface area (Å²) < 4.78 is 0. The molecule has 2 atom stereocenters. The molecule has 4 amide bonds. The molecule has 2 N–H and O–H groups in total. The standard InChI is InChI=1S/C26H30N4O3S/c1-18-9-6-7-14-26(18)24(32)30(25(33)28-26)17-23(31)27-15-8-16-29-19-10-2-4-12-21(19)34-22-13-5-3-11-20(22)29/h2-5,10-13,18H,6-9,14-17H2,1H3,(H,27,31)(H,28,33). The molecule has 0 radical (unpaired) electrons. The first kappa shape index (κ1) is 22.8. The van der Waals surface area contributed by atoms with Crippen LogP contribution in [0.25, 0.3) is 0 Å². The lowest BCUT2D eigenvalue weighted by Crippen LogP contribution is -2.54. The van der Waals surface area contributed by atoms with Crippen LogP contribution in [0.1, 0.15) is 39.0 Å². The van der Waals surface area contributed by atoms with E-state index in [0.717, 1.165) is 37.1 Å². The Kier molecular flexibility index (Phi) is 6.25. The van der Waals surface area contributed by atoms with Gasteiger partial charge >= 0.3 is 6.03 Å². The van der Waals surface area contributed by atoms with E-state index in [1.165, 1.54) is 21.2 Å². The van der Waals surface area contributed by atoms with Crippen molar-refractivity contribution in [2.75, 3.05) is 24.5 Å². The quantitative estimate of drug-likeness (QED) is 0.478. The molecule has 1 spiro atoms. The average Bonchev–Trinajstić information content (AvgIpc) is 3.07. The molecule has 5 rings (SSSR count). The Bertz CT molecular complexity index is 1080. The number of anilines is 2. The van der Waals surface area contributed by atoms with Crippen molar-refractivity contribution in [3.05, 3.63) is 48.5 Å². The third-order valence-corrected chi connectivity index (χ3v) is 8.35. The molecule has 178 valence electrons. The minimum Gasteiger partial charge on any atom is -0.354 e. The molecule has 2 aliphatic heterocycles. The van der Waals surface area contributed by atoms with Crippen LogP contribution in [-0.2, 0) is 9.59 Å². The van der Waals surface area contributed by atoms with E-state index in [2.05, 4.69) is 39.8 Å². The molecule has 3 aliphatic rings. The summed E-state index contributed by atoms with van der Waals surface area (Å²) in [5.41, 5.74) is 1.51. The molecule has 0 aromatic heterocycles. The van der Waals surface area contributed by atoms with Gasteiger partial charge in [0, 0.05) is 22.9 Å². The van der Waals surface area contributed by atoms with Crippen LogP contribution in [0.2, 0.25) is 0 Å². The van der Waals surface area contributed by atoms with Crippen molar-refractivity contribution in [1.29, 1.82) is 0 Å². The van der Waals surface area contributed by atoms with Gasteiger partial charge in [-0.1, -0.05) is 55.8 Å². The zero-order valence-electron chi connectivity index (χ0n) is 19.4. The van der Waals surface area contributed by atoms with Gasteiger partial charge < -0.3 is 15.5 Å². The number of urea groups is 1. The predicted octanol–water partition coefficient (Wildman–Crippen LogP) is 4.30. The van der Waals surface area contributed by atoms with Crippen molar-refractivity contribution >= 4 is 41.0 Å². The summed E-state index contributed by atoms with van der Waals surface area (Å²) in [5, 5.41) is 5.80. The van der Waals surface area contributed by atoms with Crippen molar-refractivity contribution in [2.45, 2.75) is 54.4 Å². The number of benzene rings is 2. The van der Waals surface area contributed by atoms with Crippen LogP contribution in [0, 0.1) is 5.92 Å². The van der Waals surface area contributed by atoms with Gasteiger partial charge in [0.25, 0.3) is 5.91 Å². The minimum absolute atomic E-state index is 0.0826. The maximum atomic E-state index is 13.1. The summed E-state index contributed by atoms with van der Waals surface area (Å²) in [6.45, 7) is 3.00. The molecule has 0 bridgehead atoms. The molecule has 7 nitrogen and oxygen atoms in total. The Balaban J connectivity index is 1.17. The zero-order chi connectivity index (χ0) is 23.7. The molecule has 1 saturated carbocycles. The van der Waals surface area contributed by atoms with Gasteiger partial charge in [-0.15, -0.1) is 0 Å². The summed E-state index contributed by atoms with van der Waals surface area (Å²) in [6, 6.07) is 16.2. The Morgan fingerprint density at radius 2 is 1.74 bits per heavy atom. The normalized spacial score (nSPS) is 23.5. The second-order valence-corrected chi connectivity index (χ2v) is 10.4. The van der Waals surface area contributed by atoms with Crippen LogP contribution < -0.4 is 15.5 Å². The number of amides is 4. The van der Waals surface area contributed by atoms with E-state index >= 15 is 0 Å². The summed E-state index contributed by atoms with van der Waals surface area (Å²) in [4.78, 5) is 44.0. The van der Waals surface area contributed by atoms with Crippen molar-refractivity contribution in [1.82, 2.24) is 15.5 Å². The molecular weight excluding hydrogens is 448 g/mol. The first-order valence-corrected chi connectivity index (χ1v) is 12.9. The molecular formula is C26H30N4O3S. The average molecular weight is 479 g/mol. The number of carbonyl (C=O) groups excluding carboxylic acids is 3. The summed E-state index contributed by atoms with van der Waals surface area (Å²) in [6.07, 6.45) is 4.27. The molecule has 34 heavy (non-hydrogen) atoms. The Labute approximate surface area is 204 Å². The monoisotopic (exact) mass is 478 g/mol. The minimum atomic E-state index is -0.831. The molecule has 2 unspecified atom stereocenters. The van der Waals surface area contributed by atoms with E-state index in [4.69, 9.17) is 0 Å². The zero-order valence-corrected chi connectivity index (χ0v) is 20.2. The summed E-state index contributed by atoms with van der Waals surface area (Å²) in [7, 11) is 0. The van der Waals surface area contributed by atoms with Gasteiger partial charge in [-0.05, 0) is 49.4 Å². The molecule has 2 aromatic rings. The van der Waals surface area contributed by atoms with Gasteiger partial charge in [0.05, 0.1) is 11.4 Å². The number of hydrogen-bond acceptors (Lipinski definition) is 5. The van der Waals surface area contributed by atoms with Crippen molar-refractivity contribution in [3.8, 4) is 0 Å². The van der Waals surface area contributed by atoms with Gasteiger partial charge in [-0.25, -0.2) is 4.79 Å². The smallest absolute Gasteiger partial charge is 0.325 e. The second kappa shape index (κ2) is 9.33. The third-order valence-electron chi connectivity index (χ3n) is 7.22. The maximum Gasteiger partial charge on any atom is 0.325 e. The number of para-hydroxylation sites is 2. The first-order chi connectivity index (χ1) is 16.5. The molecule has 2 aromatic carbocycles. The van der Waals surface area contributed by atoms with Crippen LogP contribution in [0.15, 0.2) is 58.3 Å². The number of nitrogens with one attached hydrogen (secondary N) is 2. The third kappa shape index (κ3) is 4.04. The lowest BCUT2D eigenvalue weighted by molar-refractivity contribution is -0.137. The highest BCUT2D eigenvalue weighted by atomic mass is 32.2. The van der Waals surface area contributed by atoms with Crippen molar-refractivity contribution in [3.63, 3.8) is 0 Å². The number of carbonyl (C=O) groups is 3. The Morgan fingerprint density at radius 1 is 1.06 bits per heavy atom. The molecule has 2 fully saturated rings. The van der Waals surface area contributed by atoms with Crippen LogP contribution in [0.4, 0.5) is 16.2 Å². The maximum absolute atomic E-state index is 13.1. The largest absolute Gasteiger partial charge is 0.354 e. The van der Waals surface area contributed by atoms with Crippen LogP contribution >= 0.6 is 11.8 Å². The SMILES string of the molecule is CC1CCCCC12NC(=O)N(CC(=O)NCCCN1c3ccccc3Sc3ccccc31)C2=O. The number of rotatable bonds is 6. The topological polar surface area (TPSA) is 81.8 Å². The molecule has 1 saturated heterocycles. The van der Waals surface area contributed by atoms with Crippen molar-refractivity contribution < 1.29 is 14.4 Å². The van der Waals surface area contributed by atoms with Crippen LogP contribution in [0.5, 0.6) is 0 Å².